The highest BCUT2D eigenvalue weighted by molar-refractivity contribution is 8.00. The van der Waals surface area contributed by atoms with Crippen molar-refractivity contribution in [1.29, 1.82) is 0 Å². The van der Waals surface area contributed by atoms with E-state index in [-0.39, 0.29) is 22.6 Å². The van der Waals surface area contributed by atoms with Crippen LogP contribution >= 0.6 is 11.8 Å². The van der Waals surface area contributed by atoms with E-state index in [1.165, 1.54) is 6.07 Å². The zero-order valence-corrected chi connectivity index (χ0v) is 17.3. The third kappa shape index (κ3) is 5.29. The number of hydrogen-bond acceptors (Lipinski definition) is 6. The van der Waals surface area contributed by atoms with E-state index in [9.17, 15) is 9.18 Å². The van der Waals surface area contributed by atoms with Gasteiger partial charge in [0.25, 0.3) is 11.1 Å². The summed E-state index contributed by atoms with van der Waals surface area (Å²) in [5.41, 5.74) is 0.854. The molecule has 1 N–H and O–H groups in total. The van der Waals surface area contributed by atoms with Gasteiger partial charge in [-0.15, -0.1) is 10.2 Å². The maximum absolute atomic E-state index is 13.9. The van der Waals surface area contributed by atoms with Crippen LogP contribution in [0.3, 0.4) is 0 Å². The van der Waals surface area contributed by atoms with Crippen molar-refractivity contribution in [2.45, 2.75) is 17.4 Å². The van der Waals surface area contributed by atoms with Gasteiger partial charge in [0.2, 0.25) is 5.91 Å². The summed E-state index contributed by atoms with van der Waals surface area (Å²) in [7, 11) is 0. The van der Waals surface area contributed by atoms with Gasteiger partial charge in [-0.05, 0) is 55.5 Å². The van der Waals surface area contributed by atoms with E-state index in [1.807, 2.05) is 30.3 Å². The van der Waals surface area contributed by atoms with Crippen LogP contribution in [-0.4, -0.2) is 21.4 Å². The molecule has 0 saturated heterocycles. The number of ether oxygens (including phenoxy) is 1. The second kappa shape index (κ2) is 9.44. The molecule has 3 aromatic carbocycles. The molecule has 156 valence electrons. The maximum Gasteiger partial charge on any atom is 0.277 e. The number of rotatable bonds is 7. The number of aromatic nitrogens is 2. The predicted octanol–water partition coefficient (Wildman–Crippen LogP) is 5.79. The molecule has 1 amide bonds. The fourth-order valence-electron chi connectivity index (χ4n) is 2.68. The van der Waals surface area contributed by atoms with Crippen molar-refractivity contribution in [3.05, 3.63) is 84.7 Å². The van der Waals surface area contributed by atoms with E-state index in [4.69, 9.17) is 9.15 Å². The molecular formula is C23H18FN3O3S. The van der Waals surface area contributed by atoms with E-state index >= 15 is 0 Å². The molecule has 8 heteroatoms. The Morgan fingerprint density at radius 2 is 1.65 bits per heavy atom. The molecule has 31 heavy (non-hydrogen) atoms. The summed E-state index contributed by atoms with van der Waals surface area (Å²) in [5, 5.41) is 10.3. The Hall–Kier alpha value is -3.65. The summed E-state index contributed by atoms with van der Waals surface area (Å²) in [6, 6.07) is 22.6. The van der Waals surface area contributed by atoms with Crippen LogP contribution in [0, 0.1) is 5.82 Å². The molecule has 1 aromatic heterocycles. The molecule has 0 unspecified atom stereocenters. The third-order valence-electron chi connectivity index (χ3n) is 4.26. The summed E-state index contributed by atoms with van der Waals surface area (Å²) in [4.78, 5) is 12.5. The van der Waals surface area contributed by atoms with Gasteiger partial charge in [0.1, 0.15) is 17.3 Å². The molecule has 0 fully saturated rings. The molecule has 4 rings (SSSR count). The van der Waals surface area contributed by atoms with Gasteiger partial charge in [-0.2, -0.15) is 0 Å². The molecule has 0 saturated carbocycles. The minimum atomic E-state index is -0.505. The Bertz CT molecular complexity index is 1170. The minimum Gasteiger partial charge on any atom is -0.457 e. The highest BCUT2D eigenvalue weighted by Crippen LogP contribution is 2.28. The monoisotopic (exact) mass is 435 g/mol. The van der Waals surface area contributed by atoms with Crippen molar-refractivity contribution in [2.75, 3.05) is 5.32 Å². The van der Waals surface area contributed by atoms with Crippen molar-refractivity contribution in [3.8, 4) is 23.0 Å². The van der Waals surface area contributed by atoms with E-state index in [0.29, 0.717) is 11.4 Å². The zero-order valence-electron chi connectivity index (χ0n) is 16.5. The van der Waals surface area contributed by atoms with Gasteiger partial charge < -0.3 is 14.5 Å². The van der Waals surface area contributed by atoms with Crippen molar-refractivity contribution in [3.63, 3.8) is 0 Å². The third-order valence-corrected chi connectivity index (χ3v) is 5.19. The standard InChI is InChI=1S/C23H18FN3O3S/c1-15(31-23-27-26-22(30-23)19-9-5-6-10-20(19)24)21(28)25-16-11-13-18(14-12-16)29-17-7-3-2-4-8-17/h2-15H,1H3,(H,25,28)/t15-/m0/s1. The van der Waals surface area contributed by atoms with Crippen LogP contribution in [0.1, 0.15) is 6.92 Å². The number of para-hydroxylation sites is 1. The largest absolute Gasteiger partial charge is 0.457 e. The van der Waals surface area contributed by atoms with Crippen LogP contribution < -0.4 is 10.1 Å². The SMILES string of the molecule is C[C@H](Sc1nnc(-c2ccccc2F)o1)C(=O)Nc1ccc(Oc2ccccc2)cc1. The first-order chi connectivity index (χ1) is 15.1. The van der Waals surface area contributed by atoms with Crippen molar-refractivity contribution in [2.24, 2.45) is 0 Å². The van der Waals surface area contributed by atoms with Crippen LogP contribution in [0.15, 0.2) is 88.5 Å². The molecule has 0 radical (unpaired) electrons. The summed E-state index contributed by atoms with van der Waals surface area (Å²) < 4.78 is 25.1. The number of amides is 1. The molecule has 0 aliphatic rings. The Labute approximate surface area is 182 Å². The van der Waals surface area contributed by atoms with E-state index in [1.54, 1.807) is 49.4 Å². The lowest BCUT2D eigenvalue weighted by Crippen LogP contribution is -2.22. The Kier molecular flexibility index (Phi) is 6.28. The van der Waals surface area contributed by atoms with Crippen LogP contribution in [0.4, 0.5) is 10.1 Å². The van der Waals surface area contributed by atoms with Gasteiger partial charge in [-0.1, -0.05) is 42.1 Å². The van der Waals surface area contributed by atoms with Gasteiger partial charge in [0.05, 0.1) is 10.8 Å². The molecular weight excluding hydrogens is 417 g/mol. The van der Waals surface area contributed by atoms with Crippen molar-refractivity contribution >= 4 is 23.4 Å². The summed E-state index contributed by atoms with van der Waals surface area (Å²) in [6.45, 7) is 1.72. The van der Waals surface area contributed by atoms with Crippen LogP contribution in [0.25, 0.3) is 11.5 Å². The molecule has 0 bridgehead atoms. The van der Waals surface area contributed by atoms with Crippen LogP contribution in [0.5, 0.6) is 11.5 Å². The first-order valence-corrected chi connectivity index (χ1v) is 10.4. The normalized spacial score (nSPS) is 11.7. The number of anilines is 1. The quantitative estimate of drug-likeness (QED) is 0.371. The fraction of sp³-hybridized carbons (Fsp3) is 0.0870. The van der Waals surface area contributed by atoms with Gasteiger partial charge >= 0.3 is 0 Å². The second-order valence-corrected chi connectivity index (χ2v) is 7.83. The molecule has 1 atom stereocenters. The smallest absolute Gasteiger partial charge is 0.277 e. The molecule has 0 aliphatic heterocycles. The minimum absolute atomic E-state index is 0.0715. The van der Waals surface area contributed by atoms with E-state index in [0.717, 1.165) is 17.5 Å². The number of halogens is 1. The number of hydrogen-bond donors (Lipinski definition) is 1. The maximum atomic E-state index is 13.9. The average Bonchev–Trinajstić information content (AvgIpc) is 3.24. The van der Waals surface area contributed by atoms with Crippen LogP contribution in [0.2, 0.25) is 0 Å². The summed E-state index contributed by atoms with van der Waals surface area (Å²) >= 11 is 1.10. The van der Waals surface area contributed by atoms with E-state index < -0.39 is 11.1 Å². The molecule has 0 spiro atoms. The highest BCUT2D eigenvalue weighted by Gasteiger charge is 2.20. The van der Waals surface area contributed by atoms with Gasteiger partial charge in [-0.25, -0.2) is 4.39 Å². The predicted molar refractivity (Wildman–Crippen MR) is 117 cm³/mol. The molecule has 1 heterocycles. The molecule has 4 aromatic rings. The molecule has 0 aliphatic carbocycles. The first-order valence-electron chi connectivity index (χ1n) is 9.47. The second-order valence-electron chi connectivity index (χ2n) is 6.54. The average molecular weight is 435 g/mol. The van der Waals surface area contributed by atoms with Gasteiger partial charge in [0.15, 0.2) is 0 Å². The lowest BCUT2D eigenvalue weighted by Gasteiger charge is -2.11. The zero-order chi connectivity index (χ0) is 21.6. The van der Waals surface area contributed by atoms with Crippen LogP contribution in [-0.2, 0) is 4.79 Å². The van der Waals surface area contributed by atoms with Crippen molar-refractivity contribution < 1.29 is 18.3 Å². The van der Waals surface area contributed by atoms with Gasteiger partial charge in [-0.3, -0.25) is 4.79 Å². The lowest BCUT2D eigenvalue weighted by atomic mass is 10.2. The number of nitrogens with zero attached hydrogens (tertiary/aromatic N) is 2. The van der Waals surface area contributed by atoms with E-state index in [2.05, 4.69) is 15.5 Å². The summed E-state index contributed by atoms with van der Waals surface area (Å²) in [5.74, 6) is 0.791. The highest BCUT2D eigenvalue weighted by atomic mass is 32.2. The lowest BCUT2D eigenvalue weighted by molar-refractivity contribution is -0.115. The fourth-order valence-corrected chi connectivity index (χ4v) is 3.36. The van der Waals surface area contributed by atoms with Gasteiger partial charge in [0, 0.05) is 5.69 Å². The Balaban J connectivity index is 1.34. The number of thioether (sulfide) groups is 1. The number of nitrogens with one attached hydrogen (secondary N) is 1. The number of benzene rings is 3. The topological polar surface area (TPSA) is 77.2 Å². The number of carbonyl (C=O) groups excluding carboxylic acids is 1. The Morgan fingerprint density at radius 1 is 0.968 bits per heavy atom. The summed E-state index contributed by atoms with van der Waals surface area (Å²) in [6.07, 6.45) is 0. The number of carbonyl (C=O) groups is 1. The first kappa shape index (κ1) is 20.6. The van der Waals surface area contributed by atoms with Crippen molar-refractivity contribution in [1.82, 2.24) is 10.2 Å². The Morgan fingerprint density at radius 3 is 2.39 bits per heavy atom. The molecule has 6 nitrogen and oxygen atoms in total.